The number of aliphatic hydroxyl groups is 1. The number of pyridine rings is 1. The van der Waals surface area contributed by atoms with Crippen LogP contribution in [0.25, 0.3) is 0 Å². The standard InChI is InChI=1S/C9H12N2O3/c1-6-4-5-10-8(9(2,3)12)7(6)11(13)14/h4-5,12H,1-3H3. The topological polar surface area (TPSA) is 76.3 Å². The third-order valence-electron chi connectivity index (χ3n) is 1.89. The first-order chi connectivity index (χ1) is 6.34. The van der Waals surface area contributed by atoms with Crippen LogP contribution in [0.2, 0.25) is 0 Å². The van der Waals surface area contributed by atoms with E-state index in [4.69, 9.17) is 0 Å². The number of nitrogens with zero attached hydrogens (tertiary/aromatic N) is 2. The smallest absolute Gasteiger partial charge is 0.296 e. The van der Waals surface area contributed by atoms with Crippen molar-refractivity contribution in [2.45, 2.75) is 26.4 Å². The molecule has 0 fully saturated rings. The summed E-state index contributed by atoms with van der Waals surface area (Å²) in [7, 11) is 0. The van der Waals surface area contributed by atoms with Crippen LogP contribution in [0.4, 0.5) is 5.69 Å². The molecule has 0 saturated heterocycles. The lowest BCUT2D eigenvalue weighted by atomic mass is 10.0. The molecule has 0 aromatic carbocycles. The van der Waals surface area contributed by atoms with Crippen molar-refractivity contribution in [2.75, 3.05) is 0 Å². The average molecular weight is 196 g/mol. The Bertz CT molecular complexity index is 369. The number of hydrogen-bond acceptors (Lipinski definition) is 4. The van der Waals surface area contributed by atoms with Crippen LogP contribution in [0, 0.1) is 17.0 Å². The minimum Gasteiger partial charge on any atom is -0.384 e. The van der Waals surface area contributed by atoms with E-state index in [1.54, 1.807) is 13.0 Å². The van der Waals surface area contributed by atoms with Crippen LogP contribution in [0.5, 0.6) is 0 Å². The van der Waals surface area contributed by atoms with Crippen molar-refractivity contribution < 1.29 is 10.0 Å². The van der Waals surface area contributed by atoms with E-state index in [9.17, 15) is 15.2 Å². The fourth-order valence-electron chi connectivity index (χ4n) is 1.23. The lowest BCUT2D eigenvalue weighted by molar-refractivity contribution is -0.387. The van der Waals surface area contributed by atoms with E-state index in [-0.39, 0.29) is 11.4 Å². The van der Waals surface area contributed by atoms with E-state index in [1.165, 1.54) is 20.0 Å². The van der Waals surface area contributed by atoms with Gasteiger partial charge in [0, 0.05) is 11.8 Å². The summed E-state index contributed by atoms with van der Waals surface area (Å²) >= 11 is 0. The van der Waals surface area contributed by atoms with Crippen LogP contribution in [0.1, 0.15) is 25.1 Å². The predicted octanol–water partition coefficient (Wildman–Crippen LogP) is 1.53. The number of rotatable bonds is 2. The van der Waals surface area contributed by atoms with Gasteiger partial charge >= 0.3 is 0 Å². The molecule has 5 nitrogen and oxygen atoms in total. The predicted molar refractivity (Wildman–Crippen MR) is 50.9 cm³/mol. The second-order valence-electron chi connectivity index (χ2n) is 3.64. The largest absolute Gasteiger partial charge is 0.384 e. The monoisotopic (exact) mass is 196 g/mol. The van der Waals surface area contributed by atoms with Crippen LogP contribution in [-0.4, -0.2) is 15.0 Å². The minimum absolute atomic E-state index is 0.0995. The fourth-order valence-corrected chi connectivity index (χ4v) is 1.23. The molecule has 14 heavy (non-hydrogen) atoms. The van der Waals surface area contributed by atoms with Crippen LogP contribution in [0.15, 0.2) is 12.3 Å². The maximum Gasteiger partial charge on any atom is 0.296 e. The first-order valence-corrected chi connectivity index (χ1v) is 4.17. The molecule has 0 aliphatic rings. The van der Waals surface area contributed by atoms with Crippen molar-refractivity contribution in [1.82, 2.24) is 4.98 Å². The second kappa shape index (κ2) is 3.34. The van der Waals surface area contributed by atoms with Gasteiger partial charge < -0.3 is 5.11 Å². The normalized spacial score (nSPS) is 11.4. The molecule has 1 aromatic rings. The molecule has 1 rings (SSSR count). The van der Waals surface area contributed by atoms with E-state index in [0.29, 0.717) is 5.56 Å². The summed E-state index contributed by atoms with van der Waals surface area (Å²) in [5, 5.41) is 20.4. The highest BCUT2D eigenvalue weighted by molar-refractivity contribution is 5.45. The number of aryl methyl sites for hydroxylation is 1. The summed E-state index contributed by atoms with van der Waals surface area (Å²) in [6.07, 6.45) is 1.45. The Morgan fingerprint density at radius 3 is 2.50 bits per heavy atom. The molecule has 0 radical (unpaired) electrons. The van der Waals surface area contributed by atoms with Gasteiger partial charge in [0.1, 0.15) is 11.3 Å². The first kappa shape index (κ1) is 10.6. The van der Waals surface area contributed by atoms with Gasteiger partial charge in [-0.15, -0.1) is 0 Å². The van der Waals surface area contributed by atoms with Gasteiger partial charge in [-0.3, -0.25) is 15.1 Å². The van der Waals surface area contributed by atoms with E-state index < -0.39 is 10.5 Å². The Balaban J connectivity index is 3.44. The maximum absolute atomic E-state index is 10.7. The SMILES string of the molecule is Cc1ccnc(C(C)(C)O)c1[N+](=O)[O-]. The molecule has 76 valence electrons. The highest BCUT2D eigenvalue weighted by atomic mass is 16.6. The molecule has 0 spiro atoms. The minimum atomic E-state index is -1.30. The second-order valence-corrected chi connectivity index (χ2v) is 3.64. The third-order valence-corrected chi connectivity index (χ3v) is 1.89. The molecule has 0 aliphatic heterocycles. The quantitative estimate of drug-likeness (QED) is 0.574. The van der Waals surface area contributed by atoms with Gasteiger partial charge in [0.15, 0.2) is 0 Å². The van der Waals surface area contributed by atoms with Crippen LogP contribution in [-0.2, 0) is 5.60 Å². The molecular weight excluding hydrogens is 184 g/mol. The van der Waals surface area contributed by atoms with Gasteiger partial charge in [0.2, 0.25) is 0 Å². The Labute approximate surface area is 81.6 Å². The number of nitro groups is 1. The van der Waals surface area contributed by atoms with Gasteiger partial charge in [-0.2, -0.15) is 0 Å². The van der Waals surface area contributed by atoms with Gasteiger partial charge in [0.25, 0.3) is 5.69 Å². The molecule has 1 heterocycles. The zero-order valence-corrected chi connectivity index (χ0v) is 8.31. The van der Waals surface area contributed by atoms with Crippen molar-refractivity contribution in [1.29, 1.82) is 0 Å². The van der Waals surface area contributed by atoms with Gasteiger partial charge in [-0.1, -0.05) is 0 Å². The van der Waals surface area contributed by atoms with E-state index in [2.05, 4.69) is 4.98 Å². The van der Waals surface area contributed by atoms with Crippen LogP contribution >= 0.6 is 0 Å². The highest BCUT2D eigenvalue weighted by Crippen LogP contribution is 2.29. The zero-order valence-electron chi connectivity index (χ0n) is 8.31. The van der Waals surface area contributed by atoms with Crippen molar-refractivity contribution in [3.05, 3.63) is 33.6 Å². The van der Waals surface area contributed by atoms with Crippen molar-refractivity contribution >= 4 is 5.69 Å². The lowest BCUT2D eigenvalue weighted by Crippen LogP contribution is -2.20. The van der Waals surface area contributed by atoms with Crippen LogP contribution in [0.3, 0.4) is 0 Å². The van der Waals surface area contributed by atoms with E-state index in [1.807, 2.05) is 0 Å². The van der Waals surface area contributed by atoms with E-state index in [0.717, 1.165) is 0 Å². The van der Waals surface area contributed by atoms with Crippen LogP contribution < -0.4 is 0 Å². The zero-order chi connectivity index (χ0) is 10.9. The molecule has 1 aromatic heterocycles. The number of aromatic nitrogens is 1. The van der Waals surface area contributed by atoms with Gasteiger partial charge in [-0.25, -0.2) is 0 Å². The molecule has 5 heteroatoms. The van der Waals surface area contributed by atoms with Gasteiger partial charge in [-0.05, 0) is 26.8 Å². The summed E-state index contributed by atoms with van der Waals surface area (Å²) in [5.74, 6) is 0. The van der Waals surface area contributed by atoms with Gasteiger partial charge in [0.05, 0.1) is 4.92 Å². The summed E-state index contributed by atoms with van der Waals surface area (Å²) < 4.78 is 0. The summed E-state index contributed by atoms with van der Waals surface area (Å²) in [6, 6.07) is 1.55. The molecule has 1 N–H and O–H groups in total. The van der Waals surface area contributed by atoms with Crippen molar-refractivity contribution in [3.8, 4) is 0 Å². The number of hydrogen-bond donors (Lipinski definition) is 1. The Kier molecular flexibility index (Phi) is 2.53. The molecule has 0 unspecified atom stereocenters. The molecule has 0 amide bonds. The average Bonchev–Trinajstić information content (AvgIpc) is 2.01. The highest BCUT2D eigenvalue weighted by Gasteiger charge is 2.29. The van der Waals surface area contributed by atoms with E-state index >= 15 is 0 Å². The first-order valence-electron chi connectivity index (χ1n) is 4.17. The van der Waals surface area contributed by atoms with Crippen molar-refractivity contribution in [3.63, 3.8) is 0 Å². The summed E-state index contributed by atoms with van der Waals surface area (Å²) in [6.45, 7) is 4.57. The van der Waals surface area contributed by atoms with Crippen molar-refractivity contribution in [2.24, 2.45) is 0 Å². The summed E-state index contributed by atoms with van der Waals surface area (Å²) in [4.78, 5) is 14.1. The molecule has 0 bridgehead atoms. The molecule has 0 atom stereocenters. The Hall–Kier alpha value is -1.49. The third kappa shape index (κ3) is 1.88. The summed E-state index contributed by atoms with van der Waals surface area (Å²) in [5.41, 5.74) is -0.807. The lowest BCUT2D eigenvalue weighted by Gasteiger charge is -2.16. The Morgan fingerprint density at radius 2 is 2.14 bits per heavy atom. The Morgan fingerprint density at radius 1 is 1.57 bits per heavy atom. The fraction of sp³-hybridized carbons (Fsp3) is 0.444. The molecule has 0 saturated carbocycles. The molecular formula is C9H12N2O3. The molecule has 0 aliphatic carbocycles. The maximum atomic E-state index is 10.7.